The first-order valence-electron chi connectivity index (χ1n) is 4.64. The third kappa shape index (κ3) is 1.46. The number of hydrogen-bond donors (Lipinski definition) is 1. The van der Waals surface area contributed by atoms with Gasteiger partial charge in [0.25, 0.3) is 0 Å². The molecular formula is C9H14ClN3. The summed E-state index contributed by atoms with van der Waals surface area (Å²) in [6, 6.07) is 0. The fourth-order valence-electron chi connectivity index (χ4n) is 1.95. The lowest BCUT2D eigenvalue weighted by Crippen LogP contribution is -2.25. The molecular weight excluding hydrogens is 186 g/mol. The molecule has 0 bridgehead atoms. The summed E-state index contributed by atoms with van der Waals surface area (Å²) in [5, 5.41) is 0.663. The van der Waals surface area contributed by atoms with Gasteiger partial charge in [0.15, 0.2) is 5.15 Å². The first-order chi connectivity index (χ1) is 6.22. The van der Waals surface area contributed by atoms with Gasteiger partial charge in [0.1, 0.15) is 5.82 Å². The minimum absolute atomic E-state index is 0.584. The van der Waals surface area contributed by atoms with E-state index in [1.54, 1.807) is 0 Å². The van der Waals surface area contributed by atoms with Crippen LogP contribution >= 0.6 is 11.6 Å². The molecule has 0 radical (unpaired) electrons. The molecule has 0 saturated carbocycles. The maximum Gasteiger partial charge on any atom is 0.150 e. The molecule has 0 saturated heterocycles. The van der Waals surface area contributed by atoms with Crippen molar-refractivity contribution in [3.8, 4) is 0 Å². The number of imidazole rings is 1. The molecule has 1 atom stereocenters. The van der Waals surface area contributed by atoms with E-state index in [-0.39, 0.29) is 0 Å². The summed E-state index contributed by atoms with van der Waals surface area (Å²) in [4.78, 5) is 4.25. The molecule has 0 fully saturated rings. The van der Waals surface area contributed by atoms with Crippen LogP contribution in [0.2, 0.25) is 5.15 Å². The Kier molecular flexibility index (Phi) is 2.30. The maximum atomic E-state index is 6.01. The number of halogens is 1. The molecule has 3 nitrogen and oxygen atoms in total. The summed E-state index contributed by atoms with van der Waals surface area (Å²) in [6.45, 7) is 3.77. The monoisotopic (exact) mass is 199 g/mol. The van der Waals surface area contributed by atoms with Crippen molar-refractivity contribution in [2.75, 3.05) is 6.54 Å². The van der Waals surface area contributed by atoms with Crippen molar-refractivity contribution in [2.24, 2.45) is 11.7 Å². The third-order valence-corrected chi connectivity index (χ3v) is 3.09. The van der Waals surface area contributed by atoms with Gasteiger partial charge in [-0.1, -0.05) is 11.6 Å². The average molecular weight is 200 g/mol. The van der Waals surface area contributed by atoms with Gasteiger partial charge in [0.05, 0.1) is 5.69 Å². The second-order valence-corrected chi connectivity index (χ2v) is 4.00. The summed E-state index contributed by atoms with van der Waals surface area (Å²) in [5.41, 5.74) is 6.81. The highest BCUT2D eigenvalue weighted by Crippen LogP contribution is 2.26. The van der Waals surface area contributed by atoms with Crippen molar-refractivity contribution in [2.45, 2.75) is 26.3 Å². The number of nitrogens with zero attached hydrogens (tertiary/aromatic N) is 2. The fourth-order valence-corrected chi connectivity index (χ4v) is 2.25. The smallest absolute Gasteiger partial charge is 0.150 e. The lowest BCUT2D eigenvalue weighted by molar-refractivity contribution is 0.392. The molecule has 1 unspecified atom stereocenters. The Labute approximate surface area is 82.9 Å². The minimum atomic E-state index is 0.584. The number of fused-ring (bicyclic) bond motifs is 1. The van der Waals surface area contributed by atoms with E-state index in [4.69, 9.17) is 17.3 Å². The van der Waals surface area contributed by atoms with Crippen LogP contribution in [0.3, 0.4) is 0 Å². The highest BCUT2D eigenvalue weighted by atomic mass is 35.5. The number of nitrogens with two attached hydrogens (primary N) is 1. The fraction of sp³-hybridized carbons (Fsp3) is 0.667. The number of aromatic nitrogens is 2. The molecule has 1 aromatic rings. The van der Waals surface area contributed by atoms with Gasteiger partial charge in [0.2, 0.25) is 0 Å². The van der Waals surface area contributed by atoms with Crippen molar-refractivity contribution in [1.29, 1.82) is 0 Å². The largest absolute Gasteiger partial charge is 0.331 e. The van der Waals surface area contributed by atoms with E-state index in [1.807, 2.05) is 6.92 Å². The van der Waals surface area contributed by atoms with Crippen LogP contribution in [0.25, 0.3) is 0 Å². The van der Waals surface area contributed by atoms with E-state index in [2.05, 4.69) is 9.55 Å². The lowest BCUT2D eigenvalue weighted by Gasteiger charge is -2.23. The Morgan fingerprint density at radius 2 is 2.46 bits per heavy atom. The standard InChI is InChI=1S/C9H14ClN3/c1-6-12-9(10)8-4-7(5-11)2-3-13(6)8/h7H,2-5,11H2,1H3. The highest BCUT2D eigenvalue weighted by Gasteiger charge is 2.22. The van der Waals surface area contributed by atoms with Crippen molar-refractivity contribution in [3.05, 3.63) is 16.7 Å². The Balaban J connectivity index is 2.33. The van der Waals surface area contributed by atoms with Gasteiger partial charge in [-0.25, -0.2) is 4.98 Å². The zero-order valence-corrected chi connectivity index (χ0v) is 8.51. The zero-order chi connectivity index (χ0) is 9.42. The minimum Gasteiger partial charge on any atom is -0.331 e. The van der Waals surface area contributed by atoms with Crippen LogP contribution in [-0.2, 0) is 13.0 Å². The number of aryl methyl sites for hydroxylation is 1. The van der Waals surface area contributed by atoms with Crippen molar-refractivity contribution in [1.82, 2.24) is 9.55 Å². The van der Waals surface area contributed by atoms with Gasteiger partial charge in [0, 0.05) is 6.54 Å². The molecule has 2 heterocycles. The van der Waals surface area contributed by atoms with Crippen LogP contribution in [0.4, 0.5) is 0 Å². The first-order valence-corrected chi connectivity index (χ1v) is 5.01. The van der Waals surface area contributed by atoms with Crippen LogP contribution in [0.5, 0.6) is 0 Å². The quantitative estimate of drug-likeness (QED) is 0.743. The van der Waals surface area contributed by atoms with Gasteiger partial charge < -0.3 is 10.3 Å². The maximum absolute atomic E-state index is 6.01. The second-order valence-electron chi connectivity index (χ2n) is 3.64. The molecule has 1 aliphatic heterocycles. The zero-order valence-electron chi connectivity index (χ0n) is 7.76. The summed E-state index contributed by atoms with van der Waals surface area (Å²) in [5.74, 6) is 1.61. The van der Waals surface area contributed by atoms with Crippen LogP contribution in [0.1, 0.15) is 17.9 Å². The SMILES string of the molecule is Cc1nc(Cl)c2n1CCC(CN)C2. The van der Waals surface area contributed by atoms with E-state index in [0.717, 1.165) is 31.8 Å². The molecule has 72 valence electrons. The van der Waals surface area contributed by atoms with Crippen molar-refractivity contribution in [3.63, 3.8) is 0 Å². The van der Waals surface area contributed by atoms with E-state index in [0.29, 0.717) is 11.1 Å². The normalized spacial score (nSPS) is 21.6. The van der Waals surface area contributed by atoms with Gasteiger partial charge in [-0.3, -0.25) is 0 Å². The Hall–Kier alpha value is -0.540. The van der Waals surface area contributed by atoms with Crippen molar-refractivity contribution >= 4 is 11.6 Å². The van der Waals surface area contributed by atoms with Crippen LogP contribution in [0.15, 0.2) is 0 Å². The van der Waals surface area contributed by atoms with Gasteiger partial charge >= 0.3 is 0 Å². The van der Waals surface area contributed by atoms with Gasteiger partial charge in [-0.05, 0) is 32.2 Å². The Morgan fingerprint density at radius 1 is 1.69 bits per heavy atom. The molecule has 1 aromatic heterocycles. The Morgan fingerprint density at radius 3 is 3.15 bits per heavy atom. The van der Waals surface area contributed by atoms with Crippen molar-refractivity contribution < 1.29 is 0 Å². The lowest BCUT2D eigenvalue weighted by atomic mass is 9.96. The molecule has 0 spiro atoms. The van der Waals surface area contributed by atoms with E-state index >= 15 is 0 Å². The summed E-state index contributed by atoms with van der Waals surface area (Å²) in [7, 11) is 0. The molecule has 0 aliphatic carbocycles. The van der Waals surface area contributed by atoms with Crippen LogP contribution < -0.4 is 5.73 Å². The molecule has 0 aromatic carbocycles. The predicted octanol–water partition coefficient (Wildman–Crippen LogP) is 1.37. The van der Waals surface area contributed by atoms with E-state index in [1.165, 1.54) is 5.69 Å². The topological polar surface area (TPSA) is 43.8 Å². The van der Waals surface area contributed by atoms with Gasteiger partial charge in [-0.15, -0.1) is 0 Å². The molecule has 2 N–H and O–H groups in total. The highest BCUT2D eigenvalue weighted by molar-refractivity contribution is 6.30. The second kappa shape index (κ2) is 3.31. The molecule has 2 rings (SSSR count). The van der Waals surface area contributed by atoms with Crippen LogP contribution in [0, 0.1) is 12.8 Å². The third-order valence-electron chi connectivity index (χ3n) is 2.79. The van der Waals surface area contributed by atoms with Gasteiger partial charge in [-0.2, -0.15) is 0 Å². The summed E-state index contributed by atoms with van der Waals surface area (Å²) >= 11 is 6.01. The molecule has 0 amide bonds. The molecule has 1 aliphatic rings. The summed E-state index contributed by atoms with van der Waals surface area (Å²) < 4.78 is 2.20. The van der Waals surface area contributed by atoms with Crippen LogP contribution in [-0.4, -0.2) is 16.1 Å². The predicted molar refractivity (Wildman–Crippen MR) is 52.8 cm³/mol. The number of rotatable bonds is 1. The van der Waals surface area contributed by atoms with E-state index < -0.39 is 0 Å². The summed E-state index contributed by atoms with van der Waals surface area (Å²) in [6.07, 6.45) is 2.13. The van der Waals surface area contributed by atoms with E-state index in [9.17, 15) is 0 Å². The average Bonchev–Trinajstić information content (AvgIpc) is 2.42. The molecule has 13 heavy (non-hydrogen) atoms. The Bertz CT molecular complexity index is 319. The first kappa shape index (κ1) is 9.03. The molecule has 4 heteroatoms. The number of hydrogen-bond acceptors (Lipinski definition) is 2.